The molecule has 16 heavy (non-hydrogen) atoms. The van der Waals surface area contributed by atoms with Gasteiger partial charge in [0.2, 0.25) is 0 Å². The first-order valence-electron chi connectivity index (χ1n) is 4.65. The van der Waals surface area contributed by atoms with Gasteiger partial charge in [0, 0.05) is 14.5 Å². The second-order valence-electron chi connectivity index (χ2n) is 3.36. The maximum absolute atomic E-state index is 5.57. The molecular formula is C11H10Br2N2O. The number of rotatable bonds is 3. The summed E-state index contributed by atoms with van der Waals surface area (Å²) >= 11 is 6.90. The lowest BCUT2D eigenvalue weighted by Gasteiger charge is -2.15. The van der Waals surface area contributed by atoms with Crippen molar-refractivity contribution in [3.63, 3.8) is 0 Å². The zero-order valence-corrected chi connectivity index (χ0v) is 11.5. The molecule has 0 saturated heterocycles. The molecule has 0 spiro atoms. The molecule has 0 radical (unpaired) electrons. The Kier molecular flexibility index (Phi) is 3.81. The Morgan fingerprint density at radius 2 is 1.81 bits per heavy atom. The average Bonchev–Trinajstić information content (AvgIpc) is 2.70. The van der Waals surface area contributed by atoms with E-state index in [1.54, 1.807) is 12.5 Å². The van der Waals surface area contributed by atoms with E-state index in [0.717, 1.165) is 20.1 Å². The Morgan fingerprint density at radius 3 is 2.31 bits per heavy atom. The van der Waals surface area contributed by atoms with Crippen molar-refractivity contribution >= 4 is 31.9 Å². The molecule has 0 aliphatic heterocycles. The van der Waals surface area contributed by atoms with Crippen molar-refractivity contribution in [2.75, 3.05) is 0 Å². The number of hydrogen-bond donors (Lipinski definition) is 2. The lowest BCUT2D eigenvalue weighted by Crippen LogP contribution is -2.28. The standard InChI is InChI=1S/C11H10Br2N2O/c12-9-3-8(4-10(13)5-9)11(15-14)7-1-2-16-6-7/h1-6,11,15H,14H2. The molecule has 84 valence electrons. The quantitative estimate of drug-likeness (QED) is 0.662. The molecule has 0 aliphatic carbocycles. The first-order valence-corrected chi connectivity index (χ1v) is 6.23. The van der Waals surface area contributed by atoms with Gasteiger partial charge in [0.15, 0.2) is 0 Å². The largest absolute Gasteiger partial charge is 0.472 e. The highest BCUT2D eigenvalue weighted by molar-refractivity contribution is 9.11. The Morgan fingerprint density at radius 1 is 1.12 bits per heavy atom. The van der Waals surface area contributed by atoms with Crippen molar-refractivity contribution in [2.24, 2.45) is 5.84 Å². The number of hydrazine groups is 1. The van der Waals surface area contributed by atoms with Crippen LogP contribution in [0.3, 0.4) is 0 Å². The molecule has 5 heteroatoms. The third-order valence-electron chi connectivity index (χ3n) is 2.26. The van der Waals surface area contributed by atoms with Crippen LogP contribution >= 0.6 is 31.9 Å². The normalized spacial score (nSPS) is 12.7. The van der Waals surface area contributed by atoms with Crippen LogP contribution in [0.4, 0.5) is 0 Å². The maximum atomic E-state index is 5.57. The van der Waals surface area contributed by atoms with Crippen molar-refractivity contribution in [1.82, 2.24) is 5.43 Å². The molecule has 0 aliphatic rings. The number of furan rings is 1. The van der Waals surface area contributed by atoms with E-state index in [4.69, 9.17) is 10.3 Å². The van der Waals surface area contributed by atoms with Crippen LogP contribution in [0.2, 0.25) is 0 Å². The topological polar surface area (TPSA) is 51.2 Å². The van der Waals surface area contributed by atoms with Gasteiger partial charge in [-0.15, -0.1) is 0 Å². The fourth-order valence-corrected chi connectivity index (χ4v) is 2.90. The summed E-state index contributed by atoms with van der Waals surface area (Å²) in [6.45, 7) is 0. The van der Waals surface area contributed by atoms with Gasteiger partial charge in [0.25, 0.3) is 0 Å². The number of nitrogens with two attached hydrogens (primary N) is 1. The zero-order chi connectivity index (χ0) is 11.5. The lowest BCUT2D eigenvalue weighted by molar-refractivity contribution is 0.553. The highest BCUT2D eigenvalue weighted by Gasteiger charge is 2.14. The Labute approximate surface area is 110 Å². The van der Waals surface area contributed by atoms with E-state index in [1.807, 2.05) is 24.3 Å². The van der Waals surface area contributed by atoms with E-state index in [9.17, 15) is 0 Å². The zero-order valence-electron chi connectivity index (χ0n) is 8.28. The van der Waals surface area contributed by atoms with Crippen LogP contribution in [0.15, 0.2) is 50.2 Å². The van der Waals surface area contributed by atoms with Gasteiger partial charge in [0.05, 0.1) is 18.6 Å². The molecule has 1 unspecified atom stereocenters. The Bertz CT molecular complexity index is 451. The molecule has 1 aromatic heterocycles. The summed E-state index contributed by atoms with van der Waals surface area (Å²) in [4.78, 5) is 0. The van der Waals surface area contributed by atoms with E-state index in [2.05, 4.69) is 37.3 Å². The molecule has 0 amide bonds. The summed E-state index contributed by atoms with van der Waals surface area (Å²) in [6, 6.07) is 7.82. The van der Waals surface area contributed by atoms with Crippen molar-refractivity contribution < 1.29 is 4.42 Å². The lowest BCUT2D eigenvalue weighted by atomic mass is 10.0. The molecular weight excluding hydrogens is 336 g/mol. The Balaban J connectivity index is 2.41. The predicted molar refractivity (Wildman–Crippen MR) is 69.7 cm³/mol. The molecule has 3 N–H and O–H groups in total. The minimum absolute atomic E-state index is 0.0763. The van der Waals surface area contributed by atoms with Gasteiger partial charge in [-0.3, -0.25) is 5.84 Å². The van der Waals surface area contributed by atoms with Crippen LogP contribution in [-0.4, -0.2) is 0 Å². The van der Waals surface area contributed by atoms with Gasteiger partial charge in [-0.1, -0.05) is 31.9 Å². The van der Waals surface area contributed by atoms with E-state index < -0.39 is 0 Å². The number of halogens is 2. The molecule has 3 nitrogen and oxygen atoms in total. The van der Waals surface area contributed by atoms with Crippen molar-refractivity contribution in [3.8, 4) is 0 Å². The predicted octanol–water partition coefficient (Wildman–Crippen LogP) is 3.36. The smallest absolute Gasteiger partial charge is 0.0954 e. The van der Waals surface area contributed by atoms with Crippen molar-refractivity contribution in [3.05, 3.63) is 56.9 Å². The van der Waals surface area contributed by atoms with Crippen molar-refractivity contribution in [2.45, 2.75) is 6.04 Å². The SMILES string of the molecule is NNC(c1ccoc1)c1cc(Br)cc(Br)c1. The van der Waals surface area contributed by atoms with Crippen LogP contribution in [0.5, 0.6) is 0 Å². The Hall–Kier alpha value is -0.620. The highest BCUT2D eigenvalue weighted by atomic mass is 79.9. The van der Waals surface area contributed by atoms with Crippen LogP contribution in [0, 0.1) is 0 Å². The van der Waals surface area contributed by atoms with E-state index in [0.29, 0.717) is 0 Å². The number of hydrogen-bond acceptors (Lipinski definition) is 3. The molecule has 0 bridgehead atoms. The van der Waals surface area contributed by atoms with E-state index in [1.165, 1.54) is 0 Å². The number of benzene rings is 1. The second-order valence-corrected chi connectivity index (χ2v) is 5.19. The summed E-state index contributed by atoms with van der Waals surface area (Å²) in [5, 5.41) is 0. The monoisotopic (exact) mass is 344 g/mol. The highest BCUT2D eigenvalue weighted by Crippen LogP contribution is 2.27. The molecule has 0 fully saturated rings. The van der Waals surface area contributed by atoms with Crippen LogP contribution in [0.1, 0.15) is 17.2 Å². The van der Waals surface area contributed by atoms with Gasteiger partial charge >= 0.3 is 0 Å². The summed E-state index contributed by atoms with van der Waals surface area (Å²) < 4.78 is 7.06. The minimum Gasteiger partial charge on any atom is -0.472 e. The van der Waals surface area contributed by atoms with Crippen LogP contribution in [-0.2, 0) is 0 Å². The molecule has 1 atom stereocenters. The minimum atomic E-state index is -0.0763. The summed E-state index contributed by atoms with van der Waals surface area (Å²) in [5.41, 5.74) is 4.83. The van der Waals surface area contributed by atoms with E-state index in [-0.39, 0.29) is 6.04 Å². The van der Waals surface area contributed by atoms with Gasteiger partial charge in [-0.25, -0.2) is 5.43 Å². The van der Waals surface area contributed by atoms with E-state index >= 15 is 0 Å². The molecule has 2 aromatic rings. The fourth-order valence-electron chi connectivity index (χ4n) is 1.57. The van der Waals surface area contributed by atoms with Crippen LogP contribution < -0.4 is 11.3 Å². The first-order chi connectivity index (χ1) is 7.70. The van der Waals surface area contributed by atoms with Crippen LogP contribution in [0.25, 0.3) is 0 Å². The van der Waals surface area contributed by atoms with Gasteiger partial charge in [0.1, 0.15) is 0 Å². The summed E-state index contributed by atoms with van der Waals surface area (Å²) in [5.74, 6) is 5.57. The average molecular weight is 346 g/mol. The molecule has 0 saturated carbocycles. The second kappa shape index (κ2) is 5.14. The third-order valence-corrected chi connectivity index (χ3v) is 3.18. The summed E-state index contributed by atoms with van der Waals surface area (Å²) in [6.07, 6.45) is 3.31. The van der Waals surface area contributed by atoms with Gasteiger partial charge in [-0.05, 0) is 29.8 Å². The third kappa shape index (κ3) is 2.55. The van der Waals surface area contributed by atoms with Crippen molar-refractivity contribution in [1.29, 1.82) is 0 Å². The first kappa shape index (κ1) is 11.9. The molecule has 2 rings (SSSR count). The molecule has 1 heterocycles. The van der Waals surface area contributed by atoms with Gasteiger partial charge in [-0.2, -0.15) is 0 Å². The van der Waals surface area contributed by atoms with Gasteiger partial charge < -0.3 is 4.42 Å². The number of nitrogens with one attached hydrogen (secondary N) is 1. The summed E-state index contributed by atoms with van der Waals surface area (Å²) in [7, 11) is 0. The molecule has 1 aromatic carbocycles. The fraction of sp³-hybridized carbons (Fsp3) is 0.0909. The maximum Gasteiger partial charge on any atom is 0.0954 e.